The first-order valence-corrected chi connectivity index (χ1v) is 11.6. The molecule has 8 nitrogen and oxygen atoms in total. The average molecular weight is 487 g/mol. The van der Waals surface area contributed by atoms with Crippen LogP contribution in [0.4, 0.5) is 0 Å². The van der Waals surface area contributed by atoms with E-state index in [-0.39, 0.29) is 0 Å². The van der Waals surface area contributed by atoms with E-state index in [0.29, 0.717) is 0 Å². The molecule has 0 bridgehead atoms. The molecule has 2 heterocycles. The molecule has 1 aromatic heterocycles. The van der Waals surface area contributed by atoms with E-state index in [9.17, 15) is 24.9 Å². The topological polar surface area (TPSA) is 125 Å². The fourth-order valence-electron chi connectivity index (χ4n) is 5.17. The Hall–Kier alpha value is -3.82. The zero-order valence-corrected chi connectivity index (χ0v) is 19.2. The van der Waals surface area contributed by atoms with Gasteiger partial charge in [0.05, 0.1) is 5.41 Å². The number of aromatic amines is 1. The SMILES string of the molecule is O=c1ccn([C@@H]2O[C@H](C(O)C(c3ccccc3)(c3ccccc3)c3ccccc3)[C@@H](O)[C@H]2O)c(=O)[nH]1. The van der Waals surface area contributed by atoms with Crippen molar-refractivity contribution < 1.29 is 20.1 Å². The molecule has 0 amide bonds. The molecule has 0 radical (unpaired) electrons. The molecule has 4 N–H and O–H groups in total. The van der Waals surface area contributed by atoms with Crippen LogP contribution in [0.1, 0.15) is 22.9 Å². The summed E-state index contributed by atoms with van der Waals surface area (Å²) in [6, 6.07) is 29.3. The van der Waals surface area contributed by atoms with Crippen LogP contribution in [0.2, 0.25) is 0 Å². The number of nitrogens with zero attached hydrogens (tertiary/aromatic N) is 1. The molecule has 4 aromatic rings. The molecular weight excluding hydrogens is 460 g/mol. The van der Waals surface area contributed by atoms with Crippen LogP contribution in [0.25, 0.3) is 0 Å². The predicted molar refractivity (Wildman–Crippen MR) is 132 cm³/mol. The number of rotatable bonds is 6. The standard InChI is InChI=1S/C28H26N2O6/c31-21-16-17-30(27(35)29-21)26-23(33)22(32)24(36-26)25(34)28(18-10-4-1-5-11-18,19-12-6-2-7-13-19)20-14-8-3-9-15-20/h1-17,22-26,32-34H,(H,29,31,35)/t22-,23+,24-,25?,26+/m0/s1. The number of ether oxygens (including phenoxy) is 1. The Morgan fingerprint density at radius 1 is 0.750 bits per heavy atom. The maximum atomic E-state index is 12.4. The Labute approximate surface area is 206 Å². The smallest absolute Gasteiger partial charge is 0.330 e. The van der Waals surface area contributed by atoms with E-state index in [1.165, 1.54) is 6.20 Å². The lowest BCUT2D eigenvalue weighted by Crippen LogP contribution is -2.52. The zero-order valence-electron chi connectivity index (χ0n) is 19.2. The number of H-pyrrole nitrogens is 1. The van der Waals surface area contributed by atoms with Gasteiger partial charge in [0.15, 0.2) is 6.23 Å². The third kappa shape index (κ3) is 3.90. The first-order valence-electron chi connectivity index (χ1n) is 11.6. The second kappa shape index (κ2) is 9.67. The molecule has 184 valence electrons. The van der Waals surface area contributed by atoms with Crippen LogP contribution >= 0.6 is 0 Å². The third-order valence-electron chi connectivity index (χ3n) is 6.84. The number of hydrogen-bond donors (Lipinski definition) is 4. The summed E-state index contributed by atoms with van der Waals surface area (Å²) < 4.78 is 7.01. The fraction of sp³-hybridized carbons (Fsp3) is 0.214. The van der Waals surface area contributed by atoms with Gasteiger partial charge in [0.1, 0.15) is 24.4 Å². The number of hydrogen-bond acceptors (Lipinski definition) is 6. The molecule has 0 saturated carbocycles. The minimum atomic E-state index is -1.53. The van der Waals surface area contributed by atoms with Crippen molar-refractivity contribution in [1.82, 2.24) is 9.55 Å². The molecule has 5 rings (SSSR count). The molecule has 36 heavy (non-hydrogen) atoms. The van der Waals surface area contributed by atoms with Gasteiger partial charge in [0, 0.05) is 12.3 Å². The Balaban J connectivity index is 1.68. The maximum absolute atomic E-state index is 12.4. The normalized spacial score (nSPS) is 22.9. The first-order chi connectivity index (χ1) is 17.4. The van der Waals surface area contributed by atoms with Crippen molar-refractivity contribution in [3.63, 3.8) is 0 Å². The Bertz CT molecular complexity index is 1320. The number of aliphatic hydroxyl groups is 3. The summed E-state index contributed by atoms with van der Waals surface area (Å²) in [7, 11) is 0. The highest BCUT2D eigenvalue weighted by molar-refractivity contribution is 5.52. The summed E-state index contributed by atoms with van der Waals surface area (Å²) >= 11 is 0. The van der Waals surface area contributed by atoms with Gasteiger partial charge in [-0.1, -0.05) is 91.0 Å². The van der Waals surface area contributed by atoms with Crippen molar-refractivity contribution in [3.05, 3.63) is 141 Å². The van der Waals surface area contributed by atoms with Crippen molar-refractivity contribution >= 4 is 0 Å². The molecule has 1 fully saturated rings. The van der Waals surface area contributed by atoms with E-state index < -0.39 is 47.3 Å². The minimum absolute atomic E-state index is 0.600. The van der Waals surface area contributed by atoms with Gasteiger partial charge in [-0.15, -0.1) is 0 Å². The highest BCUT2D eigenvalue weighted by Crippen LogP contribution is 2.46. The number of benzene rings is 3. The minimum Gasteiger partial charge on any atom is -0.389 e. The zero-order chi connectivity index (χ0) is 25.3. The highest BCUT2D eigenvalue weighted by Gasteiger charge is 2.55. The molecule has 1 unspecified atom stereocenters. The van der Waals surface area contributed by atoms with Crippen molar-refractivity contribution in [1.29, 1.82) is 0 Å². The monoisotopic (exact) mass is 486 g/mol. The second-order valence-corrected chi connectivity index (χ2v) is 8.84. The number of nitrogens with one attached hydrogen (secondary N) is 1. The lowest BCUT2D eigenvalue weighted by molar-refractivity contribution is -0.0992. The van der Waals surface area contributed by atoms with Crippen molar-refractivity contribution in [2.24, 2.45) is 0 Å². The van der Waals surface area contributed by atoms with Gasteiger partial charge in [0.25, 0.3) is 5.56 Å². The fourth-order valence-corrected chi connectivity index (χ4v) is 5.17. The molecule has 1 aliphatic heterocycles. The summed E-state index contributed by atoms with van der Waals surface area (Å²) in [4.78, 5) is 26.0. The Morgan fingerprint density at radius 3 is 1.67 bits per heavy atom. The largest absolute Gasteiger partial charge is 0.389 e. The van der Waals surface area contributed by atoms with Crippen LogP contribution < -0.4 is 11.2 Å². The summed E-state index contributed by atoms with van der Waals surface area (Å²) in [6.07, 6.45) is -5.87. The molecule has 5 atom stereocenters. The highest BCUT2D eigenvalue weighted by atomic mass is 16.6. The number of aromatic nitrogens is 2. The molecular formula is C28H26N2O6. The molecule has 0 aliphatic carbocycles. The quantitative estimate of drug-likeness (QED) is 0.307. The third-order valence-corrected chi connectivity index (χ3v) is 6.84. The number of aliphatic hydroxyl groups excluding tert-OH is 3. The van der Waals surface area contributed by atoms with Gasteiger partial charge < -0.3 is 20.1 Å². The molecule has 0 spiro atoms. The first kappa shape index (κ1) is 23.9. The van der Waals surface area contributed by atoms with Crippen LogP contribution in [-0.2, 0) is 10.2 Å². The van der Waals surface area contributed by atoms with E-state index in [2.05, 4.69) is 4.98 Å². The maximum Gasteiger partial charge on any atom is 0.330 e. The van der Waals surface area contributed by atoms with Gasteiger partial charge >= 0.3 is 5.69 Å². The van der Waals surface area contributed by atoms with Crippen molar-refractivity contribution in [2.75, 3.05) is 0 Å². The Morgan fingerprint density at radius 2 is 1.22 bits per heavy atom. The van der Waals surface area contributed by atoms with Crippen molar-refractivity contribution in [3.8, 4) is 0 Å². The summed E-state index contributed by atoms with van der Waals surface area (Å²) in [5, 5.41) is 34.1. The summed E-state index contributed by atoms with van der Waals surface area (Å²) in [5.41, 5.74) is -0.328. The summed E-state index contributed by atoms with van der Waals surface area (Å²) in [6.45, 7) is 0. The van der Waals surface area contributed by atoms with E-state index >= 15 is 0 Å². The second-order valence-electron chi connectivity index (χ2n) is 8.84. The molecule has 1 saturated heterocycles. The molecule has 1 aliphatic rings. The predicted octanol–water partition coefficient (Wildman–Crippen LogP) is 1.55. The molecule has 8 heteroatoms. The summed E-state index contributed by atoms with van der Waals surface area (Å²) in [5.74, 6) is 0. The Kier molecular flexibility index (Phi) is 6.42. The van der Waals surface area contributed by atoms with Gasteiger partial charge in [-0.25, -0.2) is 4.79 Å². The average Bonchev–Trinajstić information content (AvgIpc) is 3.20. The molecule has 3 aromatic carbocycles. The van der Waals surface area contributed by atoms with E-state index in [4.69, 9.17) is 4.74 Å². The lowest BCUT2D eigenvalue weighted by Gasteiger charge is -2.42. The van der Waals surface area contributed by atoms with Gasteiger partial charge in [-0.3, -0.25) is 14.3 Å². The van der Waals surface area contributed by atoms with Gasteiger partial charge in [-0.05, 0) is 16.7 Å². The van der Waals surface area contributed by atoms with Crippen LogP contribution in [0.5, 0.6) is 0 Å². The van der Waals surface area contributed by atoms with Crippen molar-refractivity contribution in [2.45, 2.75) is 36.1 Å². The van der Waals surface area contributed by atoms with Crippen LogP contribution in [-0.4, -0.2) is 49.3 Å². The van der Waals surface area contributed by atoms with E-state index in [1.807, 2.05) is 91.0 Å². The van der Waals surface area contributed by atoms with Crippen LogP contribution in [0, 0.1) is 0 Å². The van der Waals surface area contributed by atoms with Crippen LogP contribution in [0.3, 0.4) is 0 Å². The van der Waals surface area contributed by atoms with Crippen LogP contribution in [0.15, 0.2) is 113 Å². The lowest BCUT2D eigenvalue weighted by atomic mass is 9.64. The van der Waals surface area contributed by atoms with Gasteiger partial charge in [-0.2, -0.15) is 0 Å². The van der Waals surface area contributed by atoms with E-state index in [1.54, 1.807) is 0 Å². The van der Waals surface area contributed by atoms with Gasteiger partial charge in [0.2, 0.25) is 0 Å². The van der Waals surface area contributed by atoms with E-state index in [0.717, 1.165) is 27.3 Å².